The van der Waals surface area contributed by atoms with Crippen LogP contribution in [0.15, 0.2) is 0 Å². The molecule has 4 atom stereocenters. The first kappa shape index (κ1) is 8.23. The summed E-state index contributed by atoms with van der Waals surface area (Å²) in [5.41, 5.74) is -0.910. The summed E-state index contributed by atoms with van der Waals surface area (Å²) in [4.78, 5) is 0. The minimum atomic E-state index is -1.10. The number of aliphatic hydroxyl groups excluding tert-OH is 3. The SMILES string of the molecule is OC[C@H]1O[C@H](Cl)[C@@H](O)[C@@H]1O. The summed E-state index contributed by atoms with van der Waals surface area (Å²) in [6.07, 6.45) is -2.93. The van der Waals surface area contributed by atoms with E-state index in [9.17, 15) is 0 Å². The number of halogens is 1. The van der Waals surface area contributed by atoms with Crippen LogP contribution in [0.4, 0.5) is 0 Å². The molecule has 60 valence electrons. The van der Waals surface area contributed by atoms with Crippen LogP contribution < -0.4 is 0 Å². The molecule has 0 amide bonds. The fourth-order valence-electron chi connectivity index (χ4n) is 0.854. The molecular weight excluding hydrogens is 160 g/mol. The van der Waals surface area contributed by atoms with Gasteiger partial charge in [-0.2, -0.15) is 0 Å². The van der Waals surface area contributed by atoms with Crippen LogP contribution in [0.3, 0.4) is 0 Å². The van der Waals surface area contributed by atoms with Crippen LogP contribution in [-0.2, 0) is 4.74 Å². The van der Waals surface area contributed by atoms with Gasteiger partial charge < -0.3 is 20.1 Å². The molecule has 1 rings (SSSR count). The second-order valence-corrected chi connectivity index (χ2v) is 2.62. The molecule has 1 fully saturated rings. The van der Waals surface area contributed by atoms with Gasteiger partial charge in [-0.25, -0.2) is 0 Å². The average Bonchev–Trinajstić information content (AvgIpc) is 2.17. The van der Waals surface area contributed by atoms with Gasteiger partial charge in [0, 0.05) is 0 Å². The quantitative estimate of drug-likeness (QED) is 0.424. The molecule has 3 N–H and O–H groups in total. The molecule has 1 aliphatic heterocycles. The molecule has 0 aromatic carbocycles. The summed E-state index contributed by atoms with van der Waals surface area (Å²) in [6.45, 7) is -0.332. The molecule has 0 spiro atoms. The first-order valence-corrected chi connectivity index (χ1v) is 3.37. The van der Waals surface area contributed by atoms with E-state index < -0.39 is 23.9 Å². The number of hydrogen-bond donors (Lipinski definition) is 3. The van der Waals surface area contributed by atoms with Crippen molar-refractivity contribution in [1.29, 1.82) is 0 Å². The third kappa shape index (κ3) is 1.26. The summed E-state index contributed by atoms with van der Waals surface area (Å²) in [5.74, 6) is 0. The largest absolute Gasteiger partial charge is 0.394 e. The zero-order chi connectivity index (χ0) is 7.72. The highest BCUT2D eigenvalue weighted by atomic mass is 35.5. The second kappa shape index (κ2) is 3.02. The van der Waals surface area contributed by atoms with Crippen LogP contribution in [0.2, 0.25) is 0 Å². The Morgan fingerprint density at radius 1 is 1.30 bits per heavy atom. The van der Waals surface area contributed by atoms with Gasteiger partial charge in [0.15, 0.2) is 5.56 Å². The molecule has 5 heteroatoms. The highest BCUT2D eigenvalue weighted by Crippen LogP contribution is 2.23. The van der Waals surface area contributed by atoms with E-state index in [0.717, 1.165) is 0 Å². The van der Waals surface area contributed by atoms with Crippen molar-refractivity contribution in [3.63, 3.8) is 0 Å². The Balaban J connectivity index is 2.53. The molecule has 0 radical (unpaired) electrons. The maximum absolute atomic E-state index is 9.01. The highest BCUT2D eigenvalue weighted by Gasteiger charge is 2.40. The van der Waals surface area contributed by atoms with Gasteiger partial charge in [-0.1, -0.05) is 11.6 Å². The van der Waals surface area contributed by atoms with Crippen molar-refractivity contribution in [2.45, 2.75) is 23.9 Å². The van der Waals surface area contributed by atoms with E-state index in [1.165, 1.54) is 0 Å². The molecule has 0 unspecified atom stereocenters. The van der Waals surface area contributed by atoms with Crippen LogP contribution in [0, 0.1) is 0 Å². The lowest BCUT2D eigenvalue weighted by Gasteiger charge is -2.09. The molecule has 1 aliphatic rings. The molecule has 4 nitrogen and oxygen atoms in total. The third-order valence-electron chi connectivity index (χ3n) is 1.48. The molecule has 1 saturated heterocycles. The van der Waals surface area contributed by atoms with Gasteiger partial charge in [0.2, 0.25) is 0 Å². The molecular formula is C5H9ClO4. The Morgan fingerprint density at radius 2 is 1.90 bits per heavy atom. The lowest BCUT2D eigenvalue weighted by atomic mass is 10.2. The van der Waals surface area contributed by atoms with E-state index >= 15 is 0 Å². The lowest BCUT2D eigenvalue weighted by Crippen LogP contribution is -2.32. The normalized spacial score (nSPS) is 48.0. The van der Waals surface area contributed by atoms with Crippen LogP contribution in [0.25, 0.3) is 0 Å². The monoisotopic (exact) mass is 168 g/mol. The number of hydrogen-bond acceptors (Lipinski definition) is 4. The average molecular weight is 169 g/mol. The summed E-state index contributed by atoms with van der Waals surface area (Å²) in [7, 11) is 0. The molecule has 0 aliphatic carbocycles. The highest BCUT2D eigenvalue weighted by molar-refractivity contribution is 6.20. The summed E-state index contributed by atoms with van der Waals surface area (Å²) >= 11 is 5.39. The van der Waals surface area contributed by atoms with E-state index in [1.807, 2.05) is 0 Å². The standard InChI is InChI=1S/C5H9ClO4/c6-5-4(9)3(8)2(1-7)10-5/h2-5,7-9H,1H2/t2-,3-,4+,5+/m1/s1. The van der Waals surface area contributed by atoms with Crippen LogP contribution in [0.5, 0.6) is 0 Å². The zero-order valence-electron chi connectivity index (χ0n) is 5.14. The number of ether oxygens (including phenoxy) is 1. The molecule has 0 aromatic heterocycles. The van der Waals surface area contributed by atoms with Crippen molar-refractivity contribution in [2.75, 3.05) is 6.61 Å². The van der Waals surface area contributed by atoms with Gasteiger partial charge in [0.05, 0.1) is 6.61 Å². The first-order valence-electron chi connectivity index (χ1n) is 2.93. The van der Waals surface area contributed by atoms with Gasteiger partial charge in [0.25, 0.3) is 0 Å². The van der Waals surface area contributed by atoms with Crippen LogP contribution in [0.1, 0.15) is 0 Å². The Labute approximate surface area is 63.0 Å². The van der Waals surface area contributed by atoms with Crippen molar-refractivity contribution in [3.05, 3.63) is 0 Å². The molecule has 1 heterocycles. The summed E-state index contributed by atoms with van der Waals surface area (Å²) in [6, 6.07) is 0. The van der Waals surface area contributed by atoms with Gasteiger partial charge >= 0.3 is 0 Å². The number of rotatable bonds is 1. The topological polar surface area (TPSA) is 69.9 Å². The van der Waals surface area contributed by atoms with E-state index in [0.29, 0.717) is 0 Å². The van der Waals surface area contributed by atoms with Crippen molar-refractivity contribution in [2.24, 2.45) is 0 Å². The zero-order valence-corrected chi connectivity index (χ0v) is 5.90. The van der Waals surface area contributed by atoms with Crippen molar-refractivity contribution in [1.82, 2.24) is 0 Å². The Morgan fingerprint density at radius 3 is 2.10 bits per heavy atom. The minimum Gasteiger partial charge on any atom is -0.394 e. The van der Waals surface area contributed by atoms with Crippen molar-refractivity contribution < 1.29 is 20.1 Å². The summed E-state index contributed by atoms with van der Waals surface area (Å²) in [5, 5.41) is 26.5. The Kier molecular flexibility index (Phi) is 2.49. The Hall–Kier alpha value is 0.130. The van der Waals surface area contributed by atoms with E-state index in [1.54, 1.807) is 0 Å². The molecule has 10 heavy (non-hydrogen) atoms. The predicted octanol–water partition coefficient (Wildman–Crippen LogP) is -1.34. The Bertz CT molecular complexity index is 120. The van der Waals surface area contributed by atoms with Gasteiger partial charge in [-0.05, 0) is 0 Å². The predicted molar refractivity (Wildman–Crippen MR) is 33.6 cm³/mol. The van der Waals surface area contributed by atoms with Gasteiger partial charge in [-0.3, -0.25) is 0 Å². The van der Waals surface area contributed by atoms with E-state index in [-0.39, 0.29) is 6.61 Å². The van der Waals surface area contributed by atoms with Crippen molar-refractivity contribution in [3.8, 4) is 0 Å². The van der Waals surface area contributed by atoms with E-state index in [4.69, 9.17) is 31.7 Å². The second-order valence-electron chi connectivity index (χ2n) is 2.19. The maximum Gasteiger partial charge on any atom is 0.160 e. The smallest absolute Gasteiger partial charge is 0.160 e. The fourth-order valence-corrected chi connectivity index (χ4v) is 1.14. The molecule has 0 saturated carbocycles. The third-order valence-corrected chi connectivity index (χ3v) is 1.85. The maximum atomic E-state index is 9.01. The molecule has 0 bridgehead atoms. The van der Waals surface area contributed by atoms with Crippen molar-refractivity contribution >= 4 is 11.6 Å². The van der Waals surface area contributed by atoms with Gasteiger partial charge in [-0.15, -0.1) is 0 Å². The fraction of sp³-hybridized carbons (Fsp3) is 1.00. The number of alkyl halides is 1. The minimum absolute atomic E-state index is 0.332. The van der Waals surface area contributed by atoms with Gasteiger partial charge in [0.1, 0.15) is 18.3 Å². The van der Waals surface area contributed by atoms with Crippen LogP contribution >= 0.6 is 11.6 Å². The molecule has 0 aromatic rings. The first-order chi connectivity index (χ1) is 4.66. The summed E-state index contributed by atoms with van der Waals surface area (Å²) < 4.78 is 4.75. The van der Waals surface area contributed by atoms with E-state index in [2.05, 4.69) is 0 Å². The number of aliphatic hydroxyl groups is 3. The van der Waals surface area contributed by atoms with Crippen LogP contribution in [-0.4, -0.2) is 45.8 Å². The lowest BCUT2D eigenvalue weighted by molar-refractivity contribution is -0.00869.